The van der Waals surface area contributed by atoms with Gasteiger partial charge in [0, 0.05) is 43.7 Å². The average molecular weight is 1770 g/mol. The molecule has 0 bridgehead atoms. The summed E-state index contributed by atoms with van der Waals surface area (Å²) in [6.45, 7) is 0. The van der Waals surface area contributed by atoms with Crippen LogP contribution in [0.4, 0.5) is 0 Å². The van der Waals surface area contributed by atoms with Gasteiger partial charge in [0.1, 0.15) is 0 Å². The van der Waals surface area contributed by atoms with Crippen LogP contribution in [0.3, 0.4) is 0 Å². The van der Waals surface area contributed by atoms with E-state index in [1.807, 2.05) is 164 Å². The molecule has 0 aliphatic heterocycles. The molecule has 138 heavy (non-hydrogen) atoms. The Balaban J connectivity index is 0.000000102. The zero-order valence-electron chi connectivity index (χ0n) is 73.2. The maximum atomic E-state index is 9.99. The quantitative estimate of drug-likeness (QED) is 0.155. The highest BCUT2D eigenvalue weighted by Crippen LogP contribution is 2.42. The highest BCUT2D eigenvalue weighted by atomic mass is 15.3. The summed E-state index contributed by atoms with van der Waals surface area (Å²) in [5.74, 6) is 4.27. The Bertz CT molecular complexity index is 10600. The van der Waals surface area contributed by atoms with Crippen molar-refractivity contribution in [1.29, 1.82) is 15.8 Å². The van der Waals surface area contributed by atoms with Gasteiger partial charge in [-0.05, 0) is 218 Å². The van der Waals surface area contributed by atoms with E-state index in [1.54, 1.807) is 0 Å². The number of hydrogen-bond acceptors (Lipinski definition) is 9. The van der Waals surface area contributed by atoms with Gasteiger partial charge >= 0.3 is 0 Å². The Morgan fingerprint density at radius 3 is 0.667 bits per heavy atom. The zero-order valence-corrected chi connectivity index (χ0v) is 73.2. The maximum Gasteiger partial charge on any atom is 0.223 e. The molecule has 0 aliphatic rings. The smallest absolute Gasteiger partial charge is 0.223 e. The third-order valence-electron chi connectivity index (χ3n) is 27.0. The summed E-state index contributed by atoms with van der Waals surface area (Å²) < 4.78 is 26.4. The lowest BCUT2D eigenvalue weighted by atomic mass is 10.2. The van der Waals surface area contributed by atoms with Gasteiger partial charge in [0.2, 0.25) is 34.7 Å². The molecule has 30 aromatic rings. The fourth-order valence-electron chi connectivity index (χ4n) is 21.2. The summed E-state index contributed by atoms with van der Waals surface area (Å²) in [4.78, 5) is 31.4. The maximum absolute atomic E-state index is 9.99. The number of nitrogens with zero attached hydrogens (tertiary/aromatic N) is 21. The van der Waals surface area contributed by atoms with Crippen molar-refractivity contribution in [2.75, 3.05) is 0 Å². The summed E-state index contributed by atoms with van der Waals surface area (Å²) in [5.41, 5.74) is 30.8. The molecule has 0 amide bonds. The van der Waals surface area contributed by atoms with Crippen LogP contribution in [-0.4, -0.2) is 83.7 Å². The lowest BCUT2D eigenvalue weighted by Crippen LogP contribution is -2.07. The van der Waals surface area contributed by atoms with Crippen molar-refractivity contribution < 1.29 is 0 Å². The summed E-state index contributed by atoms with van der Waals surface area (Å²) in [5, 5.41) is 37.1. The van der Waals surface area contributed by atoms with Crippen LogP contribution in [0.15, 0.2) is 419 Å². The van der Waals surface area contributed by atoms with E-state index >= 15 is 0 Å². The second-order valence-corrected chi connectivity index (χ2v) is 34.5. The van der Waals surface area contributed by atoms with E-state index in [2.05, 4.69) is 327 Å². The highest BCUT2D eigenvalue weighted by Gasteiger charge is 2.28. The Morgan fingerprint density at radius 2 is 0.370 bits per heavy atom. The molecule has 12 aromatic heterocycles. The first-order chi connectivity index (χ1) is 68.4. The number of hydrogen-bond donors (Lipinski definition) is 0. The summed E-state index contributed by atoms with van der Waals surface area (Å²) in [7, 11) is 0. The molecule has 21 heteroatoms. The second kappa shape index (κ2) is 30.0. The van der Waals surface area contributed by atoms with Crippen molar-refractivity contribution in [3.05, 3.63) is 435 Å². The molecule has 0 saturated heterocycles. The van der Waals surface area contributed by atoms with E-state index < -0.39 is 0 Å². The van der Waals surface area contributed by atoms with Crippen molar-refractivity contribution >= 4 is 199 Å². The predicted molar refractivity (Wildman–Crippen MR) is 551 cm³/mol. The van der Waals surface area contributed by atoms with Crippen molar-refractivity contribution in [3.8, 4) is 52.3 Å². The molecule has 642 valence electrons. The molecular formula is C117H69N21. The molecule has 0 fully saturated rings. The van der Waals surface area contributed by atoms with E-state index in [0.717, 1.165) is 173 Å². The van der Waals surface area contributed by atoms with E-state index in [0.29, 0.717) is 34.0 Å². The molecule has 21 nitrogen and oxygen atoms in total. The van der Waals surface area contributed by atoms with E-state index in [9.17, 15) is 15.8 Å². The third kappa shape index (κ3) is 11.3. The first-order valence-electron chi connectivity index (χ1n) is 45.5. The van der Waals surface area contributed by atoms with Gasteiger partial charge in [-0.2, -0.15) is 15.8 Å². The van der Waals surface area contributed by atoms with Crippen molar-refractivity contribution in [1.82, 2.24) is 83.7 Å². The van der Waals surface area contributed by atoms with E-state index in [4.69, 9.17) is 29.9 Å². The fourth-order valence-corrected chi connectivity index (χ4v) is 21.2. The Morgan fingerprint density at radius 1 is 0.152 bits per heavy atom. The van der Waals surface area contributed by atoms with Crippen LogP contribution < -0.4 is 0 Å². The number of nitriles is 3. The Hall–Kier alpha value is -19.9. The van der Waals surface area contributed by atoms with Gasteiger partial charge in [-0.3, -0.25) is 26.4 Å². The number of fused-ring (bicyclic) bond motifs is 36. The first kappa shape index (κ1) is 76.9. The Labute approximate surface area is 781 Å². The second-order valence-electron chi connectivity index (χ2n) is 34.5. The topological polar surface area (TPSA) is 205 Å². The first-order valence-corrected chi connectivity index (χ1v) is 45.5. The fraction of sp³-hybridized carbons (Fsp3) is 0. The van der Waals surface area contributed by atoms with Crippen molar-refractivity contribution in [2.45, 2.75) is 0 Å². The summed E-state index contributed by atoms with van der Waals surface area (Å²) in [6, 6.07) is 150. The predicted octanol–water partition coefficient (Wildman–Crippen LogP) is 26.3. The molecule has 0 atom stereocenters. The molecule has 0 unspecified atom stereocenters. The SMILES string of the molecule is N#Cc1ccc2c(c1)n1c3ccccc3nc1n(-c1ccc(-n3c4ccccc4c4ccccc43)cc1)c1nc3ccccc3n21.N#Cc1ccc2c(c1)n1c3ccccc3nc1n(-c1cccc(-n3c4ccccc4c4ccccc43)c1)c1nc3ccccc3n21.N#Cc1ccc2c(c1)n1c3ccccc3nc1n(-c1ccccc1-n1c3ccccc3c3ccccc31)c1nc3ccccc3n21. The number of benzene rings is 18. The van der Waals surface area contributed by atoms with Crippen LogP contribution >= 0.6 is 0 Å². The average Bonchev–Trinajstić information content (AvgIpc) is 1.55. The van der Waals surface area contributed by atoms with Crippen molar-refractivity contribution in [3.63, 3.8) is 0 Å². The molecule has 18 aromatic carbocycles. The van der Waals surface area contributed by atoms with Gasteiger partial charge in [0.05, 0.1) is 190 Å². The lowest BCUT2D eigenvalue weighted by molar-refractivity contribution is 1.00. The largest absolute Gasteiger partial charge is 0.309 e. The van der Waals surface area contributed by atoms with Gasteiger partial charge < -0.3 is 13.7 Å². The number of aromatic nitrogens is 18. The van der Waals surface area contributed by atoms with Crippen molar-refractivity contribution in [2.24, 2.45) is 0 Å². The van der Waals surface area contributed by atoms with Crippen LogP contribution in [0, 0.1) is 34.0 Å². The van der Waals surface area contributed by atoms with Crippen LogP contribution in [0.2, 0.25) is 0 Å². The minimum atomic E-state index is 0.576. The minimum Gasteiger partial charge on any atom is -0.309 e. The highest BCUT2D eigenvalue weighted by molar-refractivity contribution is 6.12. The summed E-state index contributed by atoms with van der Waals surface area (Å²) >= 11 is 0. The molecule has 12 heterocycles. The Kier molecular flexibility index (Phi) is 16.7. The molecule has 0 spiro atoms. The molecule has 0 saturated carbocycles. The molecule has 30 rings (SSSR count). The standard InChI is InChI=1S/3C39H23N7/c40-24-25-20-21-36-37(22-25)46-35-19-8-4-15-31(35)42-39(46)44(38-41-30-14-3-7-18-34(30)45(36)38)27-11-9-10-26(23-27)43-32-16-5-1-12-28(32)29-13-2-6-17-33(29)43;40-24-25-21-22-36-37(23-25)45-33-18-8-4-14-29(33)42-39(45)46(38-41-28-13-3-7-17-32(28)44(36)38)35-20-10-9-19-34(35)43-30-15-5-1-11-26(30)27-12-2-6-16-31(27)43;40-24-25-17-22-36-37(23-25)46-35-16-8-4-12-31(35)42-39(46)44(38-41-30-11-3-7-15-34(30)45(36)38)27-20-18-26(19-21-27)43-32-13-5-1-9-28(32)29-10-2-6-14-33(29)43/h3*1-23H. The van der Waals surface area contributed by atoms with Gasteiger partial charge in [0.25, 0.3) is 0 Å². The van der Waals surface area contributed by atoms with Crippen LogP contribution in [0.5, 0.6) is 0 Å². The molecule has 0 radical (unpaired) electrons. The normalized spacial score (nSPS) is 11.9. The van der Waals surface area contributed by atoms with Gasteiger partial charge in [-0.25, -0.2) is 43.6 Å². The molecule has 0 N–H and O–H groups in total. The number of imidazole rings is 6. The summed E-state index contributed by atoms with van der Waals surface area (Å²) in [6.07, 6.45) is 0. The number of rotatable bonds is 6. The van der Waals surface area contributed by atoms with Gasteiger partial charge in [-0.1, -0.05) is 200 Å². The third-order valence-corrected chi connectivity index (χ3v) is 27.0. The number of para-hydroxylation sites is 20. The van der Waals surface area contributed by atoms with Crippen LogP contribution in [0.1, 0.15) is 16.7 Å². The minimum absolute atomic E-state index is 0.576. The van der Waals surface area contributed by atoms with Crippen LogP contribution in [-0.2, 0) is 0 Å². The van der Waals surface area contributed by atoms with E-state index in [-0.39, 0.29) is 0 Å². The zero-order chi connectivity index (χ0) is 91.1. The lowest BCUT2D eigenvalue weighted by Gasteiger charge is -2.15. The van der Waals surface area contributed by atoms with Crippen LogP contribution in [0.25, 0.3) is 234 Å². The molecular weight excluding hydrogens is 1700 g/mol. The van der Waals surface area contributed by atoms with E-state index in [1.165, 1.54) is 43.4 Å². The monoisotopic (exact) mass is 1770 g/mol. The molecule has 0 aliphatic carbocycles. The van der Waals surface area contributed by atoms with Gasteiger partial charge in [-0.15, -0.1) is 0 Å². The van der Waals surface area contributed by atoms with Gasteiger partial charge in [0.15, 0.2) is 0 Å².